The molecule has 2 rings (SSSR count). The van der Waals surface area contributed by atoms with Crippen LogP contribution in [0.2, 0.25) is 0 Å². The van der Waals surface area contributed by atoms with E-state index in [1.165, 1.54) is 38.6 Å². The Hall–Kier alpha value is -0.590. The van der Waals surface area contributed by atoms with Gasteiger partial charge < -0.3 is 4.90 Å². The van der Waals surface area contributed by atoms with Crippen molar-refractivity contribution in [2.45, 2.75) is 70.0 Å². The Morgan fingerprint density at radius 2 is 2.12 bits per heavy atom. The second kappa shape index (κ2) is 5.37. The van der Waals surface area contributed by atoms with Crippen molar-refractivity contribution >= 4 is 0 Å². The van der Waals surface area contributed by atoms with E-state index < -0.39 is 0 Å². The van der Waals surface area contributed by atoms with Crippen LogP contribution in [0.1, 0.15) is 52.4 Å². The maximum absolute atomic E-state index is 9.33. The fraction of sp³-hybridized carbons (Fsp3) is 0.929. The topological polar surface area (TPSA) is 39.1 Å². The predicted molar refractivity (Wildman–Crippen MR) is 69.7 cm³/mol. The highest BCUT2D eigenvalue weighted by atomic mass is 15.2. The number of hydrogen-bond acceptors (Lipinski definition) is 3. The summed E-state index contributed by atoms with van der Waals surface area (Å²) in [7, 11) is 0. The van der Waals surface area contributed by atoms with Gasteiger partial charge in [0.05, 0.1) is 6.07 Å². The maximum Gasteiger partial charge on any atom is 0.105 e. The van der Waals surface area contributed by atoms with Crippen LogP contribution < -0.4 is 5.32 Å². The molecule has 96 valence electrons. The van der Waals surface area contributed by atoms with Gasteiger partial charge in [-0.1, -0.05) is 6.42 Å². The maximum atomic E-state index is 9.33. The molecule has 2 aliphatic rings. The van der Waals surface area contributed by atoms with E-state index in [2.05, 4.69) is 30.1 Å². The van der Waals surface area contributed by atoms with Gasteiger partial charge in [0.15, 0.2) is 0 Å². The molecule has 1 saturated carbocycles. The Morgan fingerprint density at radius 1 is 1.35 bits per heavy atom. The van der Waals surface area contributed by atoms with Crippen LogP contribution in [-0.4, -0.2) is 35.6 Å². The van der Waals surface area contributed by atoms with Gasteiger partial charge in [-0.05, 0) is 52.5 Å². The lowest BCUT2D eigenvalue weighted by Gasteiger charge is -2.35. The van der Waals surface area contributed by atoms with Gasteiger partial charge >= 0.3 is 0 Å². The van der Waals surface area contributed by atoms with Crippen molar-refractivity contribution in [2.24, 2.45) is 0 Å². The third-order valence-electron chi connectivity index (χ3n) is 4.19. The molecule has 0 bridgehead atoms. The SMILES string of the molecule is CC1CCCCN1CCC(C)(C#N)NC1CC1. The minimum atomic E-state index is -0.321. The molecule has 2 unspecified atom stereocenters. The number of nitriles is 1. The number of nitrogens with zero attached hydrogens (tertiary/aromatic N) is 2. The molecule has 0 aromatic heterocycles. The molecule has 1 heterocycles. The van der Waals surface area contributed by atoms with Crippen LogP contribution >= 0.6 is 0 Å². The molecule has 1 saturated heterocycles. The summed E-state index contributed by atoms with van der Waals surface area (Å²) >= 11 is 0. The van der Waals surface area contributed by atoms with Gasteiger partial charge in [0, 0.05) is 18.6 Å². The standard InChI is InChI=1S/C14H25N3/c1-12-5-3-4-9-17(12)10-8-14(2,11-15)16-13-6-7-13/h12-13,16H,3-10H2,1-2H3. The minimum Gasteiger partial charge on any atom is -0.301 e. The first kappa shape index (κ1) is 12.9. The normalized spacial score (nSPS) is 29.6. The molecule has 0 aromatic carbocycles. The number of likely N-dealkylation sites (tertiary alicyclic amines) is 1. The molecular weight excluding hydrogens is 210 g/mol. The molecule has 2 fully saturated rings. The van der Waals surface area contributed by atoms with Crippen LogP contribution in [0.25, 0.3) is 0 Å². The fourth-order valence-electron chi connectivity index (χ4n) is 2.70. The first-order valence-electron chi connectivity index (χ1n) is 7.06. The second-order valence-corrected chi connectivity index (χ2v) is 5.99. The summed E-state index contributed by atoms with van der Waals surface area (Å²) in [5.41, 5.74) is -0.321. The average molecular weight is 235 g/mol. The molecule has 1 aliphatic heterocycles. The van der Waals surface area contributed by atoms with Gasteiger partial charge in [0.1, 0.15) is 5.54 Å². The molecule has 0 radical (unpaired) electrons. The molecule has 3 nitrogen and oxygen atoms in total. The van der Waals surface area contributed by atoms with Gasteiger partial charge in [0.25, 0.3) is 0 Å². The third-order valence-corrected chi connectivity index (χ3v) is 4.19. The highest BCUT2D eigenvalue weighted by Crippen LogP contribution is 2.25. The lowest BCUT2D eigenvalue weighted by atomic mass is 9.97. The molecular formula is C14H25N3. The van der Waals surface area contributed by atoms with E-state index in [1.54, 1.807) is 0 Å². The Bertz CT molecular complexity index is 292. The number of piperidine rings is 1. The van der Waals surface area contributed by atoms with Gasteiger partial charge in [-0.3, -0.25) is 5.32 Å². The van der Waals surface area contributed by atoms with Crippen molar-refractivity contribution in [1.82, 2.24) is 10.2 Å². The van der Waals surface area contributed by atoms with Crippen LogP contribution in [0.5, 0.6) is 0 Å². The van der Waals surface area contributed by atoms with Crippen molar-refractivity contribution < 1.29 is 0 Å². The molecule has 17 heavy (non-hydrogen) atoms. The van der Waals surface area contributed by atoms with E-state index in [1.807, 2.05) is 0 Å². The monoisotopic (exact) mass is 235 g/mol. The lowest BCUT2D eigenvalue weighted by molar-refractivity contribution is 0.148. The quantitative estimate of drug-likeness (QED) is 0.794. The second-order valence-electron chi connectivity index (χ2n) is 5.99. The predicted octanol–water partition coefficient (Wildman–Crippen LogP) is 2.29. The molecule has 2 atom stereocenters. The minimum absolute atomic E-state index is 0.321. The Balaban J connectivity index is 1.80. The molecule has 0 spiro atoms. The van der Waals surface area contributed by atoms with E-state index in [0.717, 1.165) is 13.0 Å². The lowest BCUT2D eigenvalue weighted by Crippen LogP contribution is -2.47. The summed E-state index contributed by atoms with van der Waals surface area (Å²) in [6.07, 6.45) is 7.45. The van der Waals surface area contributed by atoms with Crippen LogP contribution in [0, 0.1) is 11.3 Å². The van der Waals surface area contributed by atoms with Gasteiger partial charge in [-0.15, -0.1) is 0 Å². The molecule has 1 aliphatic carbocycles. The highest BCUT2D eigenvalue weighted by molar-refractivity contribution is 5.07. The largest absolute Gasteiger partial charge is 0.301 e. The zero-order valence-corrected chi connectivity index (χ0v) is 11.2. The molecule has 0 amide bonds. The van der Waals surface area contributed by atoms with Crippen molar-refractivity contribution in [2.75, 3.05) is 13.1 Å². The summed E-state index contributed by atoms with van der Waals surface area (Å²) in [5, 5.41) is 12.8. The van der Waals surface area contributed by atoms with Crippen molar-refractivity contribution in [3.63, 3.8) is 0 Å². The van der Waals surface area contributed by atoms with E-state index >= 15 is 0 Å². The van der Waals surface area contributed by atoms with Gasteiger partial charge in [-0.25, -0.2) is 0 Å². The van der Waals surface area contributed by atoms with E-state index in [0.29, 0.717) is 12.1 Å². The summed E-state index contributed by atoms with van der Waals surface area (Å²) in [6.45, 7) is 6.65. The molecule has 3 heteroatoms. The fourth-order valence-corrected chi connectivity index (χ4v) is 2.70. The van der Waals surface area contributed by atoms with E-state index in [4.69, 9.17) is 0 Å². The van der Waals surface area contributed by atoms with Gasteiger partial charge in [-0.2, -0.15) is 5.26 Å². The Morgan fingerprint density at radius 3 is 2.71 bits per heavy atom. The zero-order valence-electron chi connectivity index (χ0n) is 11.2. The molecule has 1 N–H and O–H groups in total. The third kappa shape index (κ3) is 3.69. The summed E-state index contributed by atoms with van der Waals surface area (Å²) < 4.78 is 0. The van der Waals surface area contributed by atoms with Crippen LogP contribution in [0.15, 0.2) is 0 Å². The zero-order chi connectivity index (χ0) is 12.3. The van der Waals surface area contributed by atoms with E-state index in [9.17, 15) is 5.26 Å². The van der Waals surface area contributed by atoms with Crippen molar-refractivity contribution in [1.29, 1.82) is 5.26 Å². The number of nitrogens with one attached hydrogen (secondary N) is 1. The summed E-state index contributed by atoms with van der Waals surface area (Å²) in [6, 6.07) is 3.78. The van der Waals surface area contributed by atoms with Crippen LogP contribution in [-0.2, 0) is 0 Å². The first-order valence-corrected chi connectivity index (χ1v) is 7.06. The summed E-state index contributed by atoms with van der Waals surface area (Å²) in [4.78, 5) is 2.55. The molecule has 0 aromatic rings. The van der Waals surface area contributed by atoms with Crippen LogP contribution in [0.4, 0.5) is 0 Å². The first-order chi connectivity index (χ1) is 8.13. The number of hydrogen-bond donors (Lipinski definition) is 1. The van der Waals surface area contributed by atoms with Crippen LogP contribution in [0.3, 0.4) is 0 Å². The van der Waals surface area contributed by atoms with Crippen molar-refractivity contribution in [3.05, 3.63) is 0 Å². The van der Waals surface area contributed by atoms with E-state index in [-0.39, 0.29) is 5.54 Å². The number of rotatable bonds is 5. The van der Waals surface area contributed by atoms with Gasteiger partial charge in [0.2, 0.25) is 0 Å². The smallest absolute Gasteiger partial charge is 0.105 e. The van der Waals surface area contributed by atoms with Crippen molar-refractivity contribution in [3.8, 4) is 6.07 Å². The summed E-state index contributed by atoms with van der Waals surface area (Å²) in [5.74, 6) is 0. The highest BCUT2D eigenvalue weighted by Gasteiger charge is 2.33. The average Bonchev–Trinajstić information content (AvgIpc) is 3.12. The Labute approximate surface area is 105 Å². The Kier molecular flexibility index (Phi) is 4.06.